The SMILES string of the molecule is O=Cc1ccc(OCCOCCOCCOCCOCCOCCOCCOCCOCCOCCOCCO)cc1. The summed E-state index contributed by atoms with van der Waals surface area (Å²) < 4.78 is 59.5. The highest BCUT2D eigenvalue weighted by atomic mass is 16.6. The van der Waals surface area contributed by atoms with Crippen LogP contribution < -0.4 is 4.74 Å². The first-order chi connectivity index (χ1) is 20.9. The number of carbonyl (C=O) groups is 1. The predicted molar refractivity (Wildman–Crippen MR) is 153 cm³/mol. The number of aliphatic hydroxyl groups excluding tert-OH is 1. The van der Waals surface area contributed by atoms with E-state index >= 15 is 0 Å². The maximum Gasteiger partial charge on any atom is 0.150 e. The van der Waals surface area contributed by atoms with Gasteiger partial charge in [-0.3, -0.25) is 4.79 Å². The van der Waals surface area contributed by atoms with Gasteiger partial charge in [-0.05, 0) is 24.3 Å². The molecule has 42 heavy (non-hydrogen) atoms. The fourth-order valence-electron chi connectivity index (χ4n) is 3.01. The lowest BCUT2D eigenvalue weighted by Crippen LogP contribution is -2.15. The molecule has 0 heterocycles. The lowest BCUT2D eigenvalue weighted by molar-refractivity contribution is -0.0270. The van der Waals surface area contributed by atoms with Gasteiger partial charge < -0.3 is 57.2 Å². The molecule has 0 atom stereocenters. The molecule has 0 bridgehead atoms. The molecule has 13 heteroatoms. The first-order valence-corrected chi connectivity index (χ1v) is 14.4. The van der Waals surface area contributed by atoms with Crippen LogP contribution in [0.15, 0.2) is 24.3 Å². The molecule has 0 aliphatic heterocycles. The summed E-state index contributed by atoms with van der Waals surface area (Å²) in [5, 5.41) is 8.57. The lowest BCUT2D eigenvalue weighted by atomic mass is 10.2. The van der Waals surface area contributed by atoms with Crippen molar-refractivity contribution in [2.45, 2.75) is 0 Å². The standard InChI is InChI=1S/C29H50O13/c30-5-6-32-7-8-33-9-10-34-11-12-35-13-14-36-15-16-37-17-18-38-19-20-39-21-22-40-23-24-41-25-26-42-29-3-1-28(27-31)2-4-29/h1-4,27,30H,5-26H2. The van der Waals surface area contributed by atoms with Crippen molar-refractivity contribution >= 4 is 6.29 Å². The van der Waals surface area contributed by atoms with E-state index in [1.54, 1.807) is 24.3 Å². The molecule has 244 valence electrons. The highest BCUT2D eigenvalue weighted by Crippen LogP contribution is 2.10. The molecule has 0 aromatic heterocycles. The molecular weight excluding hydrogens is 556 g/mol. The zero-order chi connectivity index (χ0) is 30.0. The number of rotatable bonds is 34. The summed E-state index contributed by atoms with van der Waals surface area (Å²) in [6.07, 6.45) is 0.796. The minimum Gasteiger partial charge on any atom is -0.491 e. The highest BCUT2D eigenvalue weighted by Gasteiger charge is 1.97. The summed E-state index contributed by atoms with van der Waals surface area (Å²) in [6.45, 7) is 10.1. The van der Waals surface area contributed by atoms with Gasteiger partial charge in [-0.25, -0.2) is 0 Å². The Hall–Kier alpha value is -1.75. The van der Waals surface area contributed by atoms with Crippen LogP contribution in [0.2, 0.25) is 0 Å². The summed E-state index contributed by atoms with van der Waals surface area (Å²) in [6, 6.07) is 6.93. The molecule has 0 aliphatic carbocycles. The van der Waals surface area contributed by atoms with E-state index in [9.17, 15) is 4.79 Å². The van der Waals surface area contributed by atoms with E-state index in [1.165, 1.54) is 0 Å². The van der Waals surface area contributed by atoms with E-state index in [4.69, 9.17) is 57.2 Å². The normalized spacial score (nSPS) is 11.3. The fourth-order valence-corrected chi connectivity index (χ4v) is 3.01. The molecule has 0 radical (unpaired) electrons. The van der Waals surface area contributed by atoms with Crippen molar-refractivity contribution in [1.29, 1.82) is 0 Å². The fraction of sp³-hybridized carbons (Fsp3) is 0.759. The van der Waals surface area contributed by atoms with Crippen LogP contribution in [0.4, 0.5) is 0 Å². The lowest BCUT2D eigenvalue weighted by Gasteiger charge is -2.09. The largest absolute Gasteiger partial charge is 0.491 e. The van der Waals surface area contributed by atoms with Gasteiger partial charge in [-0.1, -0.05) is 0 Å². The molecule has 1 aromatic rings. The third kappa shape index (κ3) is 27.1. The van der Waals surface area contributed by atoms with Crippen LogP contribution in [0.1, 0.15) is 10.4 Å². The Balaban J connectivity index is 1.64. The van der Waals surface area contributed by atoms with Gasteiger partial charge in [0.05, 0.1) is 139 Å². The average molecular weight is 607 g/mol. The smallest absolute Gasteiger partial charge is 0.150 e. The molecule has 0 saturated carbocycles. The third-order valence-electron chi connectivity index (χ3n) is 5.10. The predicted octanol–water partition coefficient (Wildman–Crippen LogP) is 1.04. The van der Waals surface area contributed by atoms with E-state index in [0.717, 1.165) is 6.29 Å². The molecule has 0 saturated heterocycles. The quantitative estimate of drug-likeness (QED) is 0.0884. The average Bonchev–Trinajstić information content (AvgIpc) is 3.02. The van der Waals surface area contributed by atoms with Crippen molar-refractivity contribution in [2.24, 2.45) is 0 Å². The summed E-state index contributed by atoms with van der Waals surface area (Å²) in [7, 11) is 0. The number of hydrogen-bond acceptors (Lipinski definition) is 13. The van der Waals surface area contributed by atoms with Crippen LogP contribution in [0, 0.1) is 0 Å². The number of benzene rings is 1. The van der Waals surface area contributed by atoms with Crippen LogP contribution >= 0.6 is 0 Å². The van der Waals surface area contributed by atoms with Gasteiger partial charge in [0.1, 0.15) is 18.6 Å². The van der Waals surface area contributed by atoms with Crippen molar-refractivity contribution in [3.05, 3.63) is 29.8 Å². The van der Waals surface area contributed by atoms with Crippen molar-refractivity contribution in [2.75, 3.05) is 145 Å². The monoisotopic (exact) mass is 606 g/mol. The molecule has 0 amide bonds. The minimum absolute atomic E-state index is 0.0230. The summed E-state index contributed by atoms with van der Waals surface area (Å²) in [5.41, 5.74) is 0.617. The van der Waals surface area contributed by atoms with Crippen molar-refractivity contribution in [1.82, 2.24) is 0 Å². The molecule has 1 N–H and O–H groups in total. The summed E-state index contributed by atoms with van der Waals surface area (Å²) >= 11 is 0. The summed E-state index contributed by atoms with van der Waals surface area (Å²) in [5.74, 6) is 0.703. The summed E-state index contributed by atoms with van der Waals surface area (Å²) in [4.78, 5) is 10.6. The number of carbonyl (C=O) groups excluding carboxylic acids is 1. The number of hydrogen-bond donors (Lipinski definition) is 1. The van der Waals surface area contributed by atoms with Gasteiger partial charge >= 0.3 is 0 Å². The van der Waals surface area contributed by atoms with Crippen molar-refractivity contribution < 1.29 is 62.0 Å². The van der Waals surface area contributed by atoms with E-state index < -0.39 is 0 Å². The zero-order valence-electron chi connectivity index (χ0n) is 24.8. The Morgan fingerprint density at radius 1 is 0.405 bits per heavy atom. The van der Waals surface area contributed by atoms with Gasteiger partial charge in [-0.2, -0.15) is 0 Å². The highest BCUT2D eigenvalue weighted by molar-refractivity contribution is 5.74. The van der Waals surface area contributed by atoms with Crippen molar-refractivity contribution in [3.8, 4) is 5.75 Å². The molecule has 0 spiro atoms. The van der Waals surface area contributed by atoms with Crippen LogP contribution in [-0.2, 0) is 47.4 Å². The minimum atomic E-state index is 0.0230. The van der Waals surface area contributed by atoms with E-state index in [1.807, 2.05) is 0 Å². The maximum absolute atomic E-state index is 10.6. The zero-order valence-corrected chi connectivity index (χ0v) is 24.8. The number of aliphatic hydroxyl groups is 1. The Kier molecular flexibility index (Phi) is 29.3. The van der Waals surface area contributed by atoms with Crippen molar-refractivity contribution in [3.63, 3.8) is 0 Å². The first kappa shape index (κ1) is 38.3. The molecule has 1 rings (SSSR count). The van der Waals surface area contributed by atoms with Crippen LogP contribution in [0.3, 0.4) is 0 Å². The van der Waals surface area contributed by atoms with E-state index in [2.05, 4.69) is 0 Å². The second-order valence-corrected chi connectivity index (χ2v) is 8.38. The Bertz CT molecular complexity index is 678. The van der Waals surface area contributed by atoms with Gasteiger partial charge in [0, 0.05) is 5.56 Å². The van der Waals surface area contributed by atoms with Gasteiger partial charge in [0.25, 0.3) is 0 Å². The third-order valence-corrected chi connectivity index (χ3v) is 5.10. The number of aldehydes is 1. The molecule has 0 aliphatic rings. The van der Waals surface area contributed by atoms with Gasteiger partial charge in [0.15, 0.2) is 0 Å². The van der Waals surface area contributed by atoms with Gasteiger partial charge in [0.2, 0.25) is 0 Å². The Morgan fingerprint density at radius 2 is 0.667 bits per heavy atom. The maximum atomic E-state index is 10.6. The second-order valence-electron chi connectivity index (χ2n) is 8.38. The number of ether oxygens (including phenoxy) is 11. The molecule has 0 unspecified atom stereocenters. The first-order valence-electron chi connectivity index (χ1n) is 14.4. The van der Waals surface area contributed by atoms with Crippen LogP contribution in [-0.4, -0.2) is 157 Å². The Morgan fingerprint density at radius 3 is 0.929 bits per heavy atom. The van der Waals surface area contributed by atoms with Crippen LogP contribution in [0.25, 0.3) is 0 Å². The molecule has 0 fully saturated rings. The Labute approximate surface area is 249 Å². The van der Waals surface area contributed by atoms with Crippen LogP contribution in [0.5, 0.6) is 5.75 Å². The molecule has 1 aromatic carbocycles. The van der Waals surface area contributed by atoms with E-state index in [0.29, 0.717) is 150 Å². The van der Waals surface area contributed by atoms with Gasteiger partial charge in [-0.15, -0.1) is 0 Å². The molecular formula is C29H50O13. The second kappa shape index (κ2) is 32.2. The topological polar surface area (TPSA) is 139 Å². The van der Waals surface area contributed by atoms with E-state index in [-0.39, 0.29) is 6.61 Å². The molecule has 13 nitrogen and oxygen atoms in total.